The van der Waals surface area contributed by atoms with Gasteiger partial charge in [0.1, 0.15) is 0 Å². The van der Waals surface area contributed by atoms with Crippen molar-refractivity contribution in [1.29, 1.82) is 0 Å². The molecule has 0 radical (unpaired) electrons. The highest BCUT2D eigenvalue weighted by molar-refractivity contribution is 5.89. The van der Waals surface area contributed by atoms with E-state index in [2.05, 4.69) is 5.32 Å². The predicted molar refractivity (Wildman–Crippen MR) is 61.4 cm³/mol. The molecule has 1 fully saturated rings. The molecule has 8 nitrogen and oxygen atoms in total. The van der Waals surface area contributed by atoms with Gasteiger partial charge in [0.25, 0.3) is 0 Å². The number of rotatable bonds is 4. The average molecular weight is 260 g/mol. The number of carboxylic acid groups (broad SMARTS) is 3. The van der Waals surface area contributed by atoms with Crippen molar-refractivity contribution >= 4 is 17.9 Å². The van der Waals surface area contributed by atoms with Gasteiger partial charge in [-0.3, -0.25) is 9.69 Å². The number of carbonyl (C=O) groups is 3. The van der Waals surface area contributed by atoms with Gasteiger partial charge in [-0.1, -0.05) is 0 Å². The highest BCUT2D eigenvalue weighted by Gasteiger charge is 2.11. The number of hydrogen-bond donors (Lipinski definition) is 4. The topological polar surface area (TPSA) is 127 Å². The summed E-state index contributed by atoms with van der Waals surface area (Å²) in [5.74, 6) is -3.25. The van der Waals surface area contributed by atoms with Gasteiger partial charge in [-0.2, -0.15) is 0 Å². The molecule has 0 atom stereocenters. The van der Waals surface area contributed by atoms with Crippen LogP contribution in [0, 0.1) is 0 Å². The van der Waals surface area contributed by atoms with Gasteiger partial charge in [-0.25, -0.2) is 9.59 Å². The Labute approximate surface area is 104 Å². The summed E-state index contributed by atoms with van der Waals surface area (Å²) >= 11 is 0. The van der Waals surface area contributed by atoms with Gasteiger partial charge in [-0.15, -0.1) is 0 Å². The lowest BCUT2D eigenvalue weighted by Crippen LogP contribution is -2.45. The molecule has 0 bridgehead atoms. The number of hydrogen-bond acceptors (Lipinski definition) is 5. The molecular formula is C10H16N2O6. The zero-order valence-corrected chi connectivity index (χ0v) is 9.70. The Balaban J connectivity index is 0.000000331. The Hall–Kier alpha value is -1.93. The van der Waals surface area contributed by atoms with Crippen LogP contribution in [0.2, 0.25) is 0 Å². The highest BCUT2D eigenvalue weighted by Crippen LogP contribution is 1.89. The van der Waals surface area contributed by atoms with Crippen molar-refractivity contribution in [3.63, 3.8) is 0 Å². The maximum absolute atomic E-state index is 10.2. The van der Waals surface area contributed by atoms with Crippen LogP contribution in [0.1, 0.15) is 0 Å². The molecule has 0 aromatic carbocycles. The van der Waals surface area contributed by atoms with Gasteiger partial charge in [0, 0.05) is 38.3 Å². The minimum atomic E-state index is -1.26. The lowest BCUT2D eigenvalue weighted by atomic mass is 10.3. The van der Waals surface area contributed by atoms with Crippen LogP contribution in [-0.4, -0.2) is 70.9 Å². The van der Waals surface area contributed by atoms with E-state index in [4.69, 9.17) is 15.3 Å². The lowest BCUT2D eigenvalue weighted by molar-refractivity contribution is -0.138. The Morgan fingerprint density at radius 2 is 1.44 bits per heavy atom. The van der Waals surface area contributed by atoms with Crippen LogP contribution in [0.15, 0.2) is 12.2 Å². The Bertz CT molecular complexity index is 306. The van der Waals surface area contributed by atoms with Gasteiger partial charge >= 0.3 is 17.9 Å². The fraction of sp³-hybridized carbons (Fsp3) is 0.500. The van der Waals surface area contributed by atoms with Gasteiger partial charge in [0.15, 0.2) is 0 Å². The van der Waals surface area contributed by atoms with Gasteiger partial charge in [-0.05, 0) is 0 Å². The second-order valence-corrected chi connectivity index (χ2v) is 3.43. The van der Waals surface area contributed by atoms with E-state index in [1.165, 1.54) is 0 Å². The molecule has 1 aliphatic heterocycles. The normalized spacial score (nSPS) is 15.8. The van der Waals surface area contributed by atoms with Gasteiger partial charge in [0.2, 0.25) is 0 Å². The van der Waals surface area contributed by atoms with Crippen molar-refractivity contribution in [3.05, 3.63) is 12.2 Å². The molecule has 1 aliphatic rings. The van der Waals surface area contributed by atoms with Crippen LogP contribution in [0.3, 0.4) is 0 Å². The van der Waals surface area contributed by atoms with E-state index in [0.29, 0.717) is 12.2 Å². The standard InChI is InChI=1S/C6H12N2O2.C4H4O4/c9-6(10)5-8-3-1-7-2-4-8;5-3(6)1-2-4(7)8/h7H,1-5H2,(H,9,10);1-2H,(H,5,6)(H,7,8)/b;2-1-. The molecule has 1 saturated heterocycles. The molecule has 0 aliphatic carbocycles. The van der Waals surface area contributed by atoms with E-state index in [1.54, 1.807) is 0 Å². The molecule has 0 saturated carbocycles. The van der Waals surface area contributed by atoms with Crippen molar-refractivity contribution in [1.82, 2.24) is 10.2 Å². The van der Waals surface area contributed by atoms with E-state index in [9.17, 15) is 14.4 Å². The largest absolute Gasteiger partial charge is 0.480 e. The fourth-order valence-corrected chi connectivity index (χ4v) is 1.20. The highest BCUT2D eigenvalue weighted by atomic mass is 16.4. The van der Waals surface area contributed by atoms with Crippen LogP contribution in [0.4, 0.5) is 0 Å². The third-order valence-corrected chi connectivity index (χ3v) is 1.94. The van der Waals surface area contributed by atoms with Crippen molar-refractivity contribution in [2.45, 2.75) is 0 Å². The summed E-state index contributed by atoms with van der Waals surface area (Å²) in [5.41, 5.74) is 0. The summed E-state index contributed by atoms with van der Waals surface area (Å²) in [6.45, 7) is 3.71. The number of nitrogens with zero attached hydrogens (tertiary/aromatic N) is 1. The van der Waals surface area contributed by atoms with Crippen molar-refractivity contribution in [2.24, 2.45) is 0 Å². The van der Waals surface area contributed by atoms with E-state index in [1.807, 2.05) is 4.90 Å². The Kier molecular flexibility index (Phi) is 8.16. The van der Waals surface area contributed by atoms with Crippen LogP contribution in [0.5, 0.6) is 0 Å². The molecule has 0 aromatic rings. The third kappa shape index (κ3) is 10.6. The summed E-state index contributed by atoms with van der Waals surface area (Å²) in [6, 6.07) is 0. The number of piperazine rings is 1. The zero-order chi connectivity index (χ0) is 14.0. The first-order chi connectivity index (χ1) is 8.41. The van der Waals surface area contributed by atoms with Gasteiger partial charge < -0.3 is 20.6 Å². The SMILES string of the molecule is O=C(O)/C=C\C(=O)O.O=C(O)CN1CCNCC1. The average Bonchev–Trinajstić information content (AvgIpc) is 2.28. The first-order valence-corrected chi connectivity index (χ1v) is 5.20. The van der Waals surface area contributed by atoms with Crippen LogP contribution >= 0.6 is 0 Å². The summed E-state index contributed by atoms with van der Waals surface area (Å²) < 4.78 is 0. The molecular weight excluding hydrogens is 244 g/mol. The first kappa shape index (κ1) is 16.1. The molecule has 0 amide bonds. The lowest BCUT2D eigenvalue weighted by Gasteiger charge is -2.25. The monoisotopic (exact) mass is 260 g/mol. The van der Waals surface area contributed by atoms with Crippen molar-refractivity contribution in [3.8, 4) is 0 Å². The van der Waals surface area contributed by atoms with Crippen LogP contribution < -0.4 is 5.32 Å². The zero-order valence-electron chi connectivity index (χ0n) is 9.70. The third-order valence-electron chi connectivity index (χ3n) is 1.94. The smallest absolute Gasteiger partial charge is 0.328 e. The minimum absolute atomic E-state index is 0.182. The second-order valence-electron chi connectivity index (χ2n) is 3.43. The number of nitrogens with one attached hydrogen (secondary N) is 1. The molecule has 1 rings (SSSR count). The molecule has 8 heteroatoms. The van der Waals surface area contributed by atoms with Crippen LogP contribution in [0.25, 0.3) is 0 Å². The molecule has 102 valence electrons. The maximum atomic E-state index is 10.2. The van der Waals surface area contributed by atoms with E-state index in [0.717, 1.165) is 26.2 Å². The molecule has 0 spiro atoms. The second kappa shape index (κ2) is 9.14. The Morgan fingerprint density at radius 3 is 1.78 bits per heavy atom. The maximum Gasteiger partial charge on any atom is 0.328 e. The summed E-state index contributed by atoms with van der Waals surface area (Å²) in [6.07, 6.45) is 1.12. The summed E-state index contributed by atoms with van der Waals surface area (Å²) in [7, 11) is 0. The van der Waals surface area contributed by atoms with E-state index >= 15 is 0 Å². The molecule has 4 N–H and O–H groups in total. The molecule has 1 heterocycles. The molecule has 0 unspecified atom stereocenters. The van der Waals surface area contributed by atoms with E-state index in [-0.39, 0.29) is 6.54 Å². The number of carboxylic acids is 3. The summed E-state index contributed by atoms with van der Waals surface area (Å²) in [4.78, 5) is 31.2. The van der Waals surface area contributed by atoms with Crippen molar-refractivity contribution in [2.75, 3.05) is 32.7 Å². The van der Waals surface area contributed by atoms with Crippen LogP contribution in [-0.2, 0) is 14.4 Å². The number of aliphatic carboxylic acids is 3. The van der Waals surface area contributed by atoms with E-state index < -0.39 is 17.9 Å². The first-order valence-electron chi connectivity index (χ1n) is 5.20. The van der Waals surface area contributed by atoms with Crippen molar-refractivity contribution < 1.29 is 29.7 Å². The molecule has 0 aromatic heterocycles. The fourth-order valence-electron chi connectivity index (χ4n) is 1.20. The quantitative estimate of drug-likeness (QED) is 0.459. The predicted octanol–water partition coefficient (Wildman–Crippen LogP) is -1.31. The Morgan fingerprint density at radius 1 is 1.00 bits per heavy atom. The summed E-state index contributed by atoms with van der Waals surface area (Å²) in [5, 5.41) is 27.2. The van der Waals surface area contributed by atoms with Gasteiger partial charge in [0.05, 0.1) is 6.54 Å². The minimum Gasteiger partial charge on any atom is -0.480 e. The molecule has 18 heavy (non-hydrogen) atoms.